The van der Waals surface area contributed by atoms with E-state index in [4.69, 9.17) is 23.2 Å². The second kappa shape index (κ2) is 4.97. The number of rotatable bonds is 2. The summed E-state index contributed by atoms with van der Waals surface area (Å²) < 4.78 is 0. The Hall–Kier alpha value is -0.570. The first kappa shape index (κ1) is 12.9. The lowest BCUT2D eigenvalue weighted by atomic mass is 9.80. The van der Waals surface area contributed by atoms with E-state index in [2.05, 4.69) is 0 Å². The van der Waals surface area contributed by atoms with Gasteiger partial charge in [-0.1, -0.05) is 35.3 Å². The molecular weight excluding hydrogens is 259 g/mol. The minimum Gasteiger partial charge on any atom is -0.390 e. The Balaban J connectivity index is 2.15. The van der Waals surface area contributed by atoms with Crippen LogP contribution in [-0.2, 0) is 11.2 Å². The van der Waals surface area contributed by atoms with Crippen molar-refractivity contribution in [1.29, 1.82) is 0 Å². The van der Waals surface area contributed by atoms with E-state index in [1.807, 2.05) is 12.1 Å². The highest BCUT2D eigenvalue weighted by molar-refractivity contribution is 6.42. The molecule has 1 aromatic rings. The predicted molar refractivity (Wildman–Crippen MR) is 68.6 cm³/mol. The van der Waals surface area contributed by atoms with Gasteiger partial charge in [-0.3, -0.25) is 4.79 Å². The monoisotopic (exact) mass is 272 g/mol. The predicted octanol–water partition coefficient (Wildman–Crippen LogP) is 3.41. The Morgan fingerprint density at radius 3 is 2.53 bits per heavy atom. The van der Waals surface area contributed by atoms with Crippen molar-refractivity contribution in [3.05, 3.63) is 33.8 Å². The average Bonchev–Trinajstić information content (AvgIpc) is 2.30. The molecule has 0 radical (unpaired) electrons. The summed E-state index contributed by atoms with van der Waals surface area (Å²) in [6.07, 6.45) is 2.38. The van der Waals surface area contributed by atoms with E-state index in [0.29, 0.717) is 42.1 Å². The number of Topliss-reactive ketones (excluding diaryl/α,β-unsaturated/α-hetero) is 1. The Morgan fingerprint density at radius 1 is 1.24 bits per heavy atom. The molecule has 0 aliphatic heterocycles. The fourth-order valence-electron chi connectivity index (χ4n) is 2.21. The van der Waals surface area contributed by atoms with Gasteiger partial charge in [-0.2, -0.15) is 0 Å². The van der Waals surface area contributed by atoms with Crippen molar-refractivity contribution in [1.82, 2.24) is 0 Å². The van der Waals surface area contributed by atoms with Crippen molar-refractivity contribution in [3.8, 4) is 0 Å². The molecule has 2 rings (SSSR count). The molecule has 0 saturated heterocycles. The van der Waals surface area contributed by atoms with Crippen LogP contribution in [0.3, 0.4) is 0 Å². The van der Waals surface area contributed by atoms with Crippen LogP contribution in [0.25, 0.3) is 0 Å². The van der Waals surface area contributed by atoms with E-state index in [-0.39, 0.29) is 5.78 Å². The molecule has 2 nitrogen and oxygen atoms in total. The molecule has 92 valence electrons. The number of aliphatic hydroxyl groups is 1. The maximum Gasteiger partial charge on any atom is 0.133 e. The highest BCUT2D eigenvalue weighted by atomic mass is 35.5. The molecule has 17 heavy (non-hydrogen) atoms. The summed E-state index contributed by atoms with van der Waals surface area (Å²) in [6.45, 7) is 0. The molecule has 0 heterocycles. The molecular formula is C13H14Cl2O2. The first-order valence-corrected chi connectivity index (χ1v) is 6.43. The minimum absolute atomic E-state index is 0.229. The Morgan fingerprint density at radius 2 is 1.88 bits per heavy atom. The fourth-order valence-corrected chi connectivity index (χ4v) is 2.60. The van der Waals surface area contributed by atoms with E-state index in [1.54, 1.807) is 6.07 Å². The van der Waals surface area contributed by atoms with Crippen molar-refractivity contribution in [3.63, 3.8) is 0 Å². The van der Waals surface area contributed by atoms with Crippen LogP contribution >= 0.6 is 23.2 Å². The lowest BCUT2D eigenvalue weighted by Gasteiger charge is -2.31. The maximum absolute atomic E-state index is 11.2. The fraction of sp³-hybridized carbons (Fsp3) is 0.462. The van der Waals surface area contributed by atoms with E-state index in [0.717, 1.165) is 5.56 Å². The van der Waals surface area contributed by atoms with Crippen molar-refractivity contribution in [2.24, 2.45) is 0 Å². The van der Waals surface area contributed by atoms with Gasteiger partial charge in [-0.05, 0) is 24.5 Å². The maximum atomic E-state index is 11.2. The smallest absolute Gasteiger partial charge is 0.133 e. The summed E-state index contributed by atoms with van der Waals surface area (Å²) in [5, 5.41) is 11.4. The van der Waals surface area contributed by atoms with E-state index in [9.17, 15) is 9.90 Å². The number of hydrogen-bond donors (Lipinski definition) is 1. The van der Waals surface area contributed by atoms with Crippen molar-refractivity contribution in [2.45, 2.75) is 37.7 Å². The molecule has 0 atom stereocenters. The SMILES string of the molecule is O=C1CCC(O)(Cc2cccc(Cl)c2Cl)CC1. The summed E-state index contributed by atoms with van der Waals surface area (Å²) in [5.74, 6) is 0.229. The van der Waals surface area contributed by atoms with Crippen molar-refractivity contribution >= 4 is 29.0 Å². The topological polar surface area (TPSA) is 37.3 Å². The van der Waals surface area contributed by atoms with Gasteiger partial charge in [0.05, 0.1) is 15.6 Å². The lowest BCUT2D eigenvalue weighted by molar-refractivity contribution is -0.125. The average molecular weight is 273 g/mol. The van der Waals surface area contributed by atoms with Crippen molar-refractivity contribution < 1.29 is 9.90 Å². The highest BCUT2D eigenvalue weighted by Gasteiger charge is 2.33. The van der Waals surface area contributed by atoms with Gasteiger partial charge in [0.15, 0.2) is 0 Å². The van der Waals surface area contributed by atoms with E-state index < -0.39 is 5.60 Å². The summed E-state index contributed by atoms with van der Waals surface area (Å²) >= 11 is 12.0. The van der Waals surface area contributed by atoms with Crippen LogP contribution < -0.4 is 0 Å². The highest BCUT2D eigenvalue weighted by Crippen LogP contribution is 2.34. The Bertz CT molecular complexity index is 433. The summed E-state index contributed by atoms with van der Waals surface area (Å²) in [7, 11) is 0. The van der Waals surface area contributed by atoms with Gasteiger partial charge in [-0.25, -0.2) is 0 Å². The van der Waals surface area contributed by atoms with Crippen LogP contribution in [0.5, 0.6) is 0 Å². The first-order chi connectivity index (χ1) is 8.00. The van der Waals surface area contributed by atoms with Crippen molar-refractivity contribution in [2.75, 3.05) is 0 Å². The molecule has 0 spiro atoms. The summed E-state index contributed by atoms with van der Waals surface area (Å²) in [6, 6.07) is 5.41. The Labute approximate surface area is 111 Å². The summed E-state index contributed by atoms with van der Waals surface area (Å²) in [5.41, 5.74) is 0.0263. The molecule has 1 saturated carbocycles. The number of benzene rings is 1. The molecule has 0 unspecified atom stereocenters. The van der Waals surface area contributed by atoms with Gasteiger partial charge in [0.25, 0.3) is 0 Å². The van der Waals surface area contributed by atoms with Crippen LogP contribution in [0.1, 0.15) is 31.2 Å². The van der Waals surface area contributed by atoms with Gasteiger partial charge in [0, 0.05) is 19.3 Å². The van der Waals surface area contributed by atoms with Gasteiger partial charge in [-0.15, -0.1) is 0 Å². The number of carbonyl (C=O) groups excluding carboxylic acids is 1. The zero-order valence-corrected chi connectivity index (χ0v) is 10.9. The van der Waals surface area contributed by atoms with Gasteiger partial charge >= 0.3 is 0 Å². The van der Waals surface area contributed by atoms with Gasteiger partial charge in [0.1, 0.15) is 5.78 Å². The second-order valence-corrected chi connectivity index (χ2v) is 5.44. The molecule has 1 aliphatic carbocycles. The largest absolute Gasteiger partial charge is 0.390 e. The van der Waals surface area contributed by atoms with Crippen LogP contribution in [0.15, 0.2) is 18.2 Å². The van der Waals surface area contributed by atoms with Gasteiger partial charge < -0.3 is 5.11 Å². The molecule has 0 amide bonds. The van der Waals surface area contributed by atoms with Gasteiger partial charge in [0.2, 0.25) is 0 Å². The molecule has 4 heteroatoms. The van der Waals surface area contributed by atoms with Crippen LogP contribution in [-0.4, -0.2) is 16.5 Å². The van der Waals surface area contributed by atoms with E-state index >= 15 is 0 Å². The van der Waals surface area contributed by atoms with Crippen LogP contribution in [0.4, 0.5) is 0 Å². The third-order valence-corrected chi connectivity index (χ3v) is 4.15. The van der Waals surface area contributed by atoms with Crippen LogP contribution in [0, 0.1) is 0 Å². The quantitative estimate of drug-likeness (QED) is 0.896. The molecule has 1 aromatic carbocycles. The van der Waals surface area contributed by atoms with E-state index in [1.165, 1.54) is 0 Å². The molecule has 0 aromatic heterocycles. The molecule has 0 bridgehead atoms. The zero-order chi connectivity index (χ0) is 12.5. The Kier molecular flexibility index (Phi) is 3.76. The minimum atomic E-state index is -0.817. The standard InChI is InChI=1S/C13H14Cl2O2/c14-11-3-1-2-9(12(11)15)8-13(17)6-4-10(16)5-7-13/h1-3,17H,4-8H2. The number of hydrogen-bond acceptors (Lipinski definition) is 2. The van der Waals surface area contributed by atoms with Crippen LogP contribution in [0.2, 0.25) is 10.0 Å². The lowest BCUT2D eigenvalue weighted by Crippen LogP contribution is -2.36. The molecule has 1 N–H and O–H groups in total. The summed E-state index contributed by atoms with van der Waals surface area (Å²) in [4.78, 5) is 11.2. The molecule has 1 fully saturated rings. The first-order valence-electron chi connectivity index (χ1n) is 5.67. The zero-order valence-electron chi connectivity index (χ0n) is 9.38. The number of carbonyl (C=O) groups is 1. The third-order valence-electron chi connectivity index (χ3n) is 3.29. The molecule has 1 aliphatic rings. The third kappa shape index (κ3) is 3.01. The number of ketones is 1. The number of halogens is 2. The normalized spacial score (nSPS) is 19.4. The second-order valence-electron chi connectivity index (χ2n) is 4.65.